The Morgan fingerprint density at radius 1 is 1.33 bits per heavy atom. The normalized spacial score (nSPS) is 15.7. The second-order valence-corrected chi connectivity index (χ2v) is 3.42. The lowest BCUT2D eigenvalue weighted by Gasteiger charge is -2.30. The van der Waals surface area contributed by atoms with Crippen molar-refractivity contribution in [2.24, 2.45) is 0 Å². The molecule has 0 aromatic heterocycles. The molecule has 0 spiro atoms. The van der Waals surface area contributed by atoms with E-state index in [0.717, 1.165) is 11.1 Å². The van der Waals surface area contributed by atoms with Gasteiger partial charge in [-0.25, -0.2) is 0 Å². The third-order valence-electron chi connectivity index (χ3n) is 1.73. The lowest BCUT2D eigenvalue weighted by molar-refractivity contribution is -0.894. The molecule has 0 rings (SSSR count). The molecular weight excluding hydrogens is 114 g/mol. The number of likely N-dealkylation sites (N-methyl/N-ethyl adjacent to an activating group) is 1. The summed E-state index contributed by atoms with van der Waals surface area (Å²) in [4.78, 5) is 0. The fourth-order valence-corrected chi connectivity index (χ4v) is 0.465. The van der Waals surface area contributed by atoms with E-state index < -0.39 is 0 Å². The van der Waals surface area contributed by atoms with Crippen LogP contribution in [0.5, 0.6) is 0 Å². The van der Waals surface area contributed by atoms with Crippen molar-refractivity contribution >= 4 is 0 Å². The van der Waals surface area contributed by atoms with Crippen LogP contribution >= 0.6 is 0 Å². The molecule has 0 bridgehead atoms. The number of hydrogen-bond donors (Lipinski definition) is 0. The standard InChI is InChI=1S/C7H18NO/c1-7(6-9-5)8(2,3)4/h7H,6H2,1-5H3/q+1. The lowest BCUT2D eigenvalue weighted by Crippen LogP contribution is -2.45. The first kappa shape index (κ1) is 8.92. The molecule has 2 nitrogen and oxygen atoms in total. The van der Waals surface area contributed by atoms with Gasteiger partial charge in [0.1, 0.15) is 6.04 Å². The van der Waals surface area contributed by atoms with Gasteiger partial charge in [0.05, 0.1) is 27.7 Å². The maximum atomic E-state index is 5.01. The van der Waals surface area contributed by atoms with Crippen LogP contribution in [0, 0.1) is 0 Å². The summed E-state index contributed by atoms with van der Waals surface area (Å²) in [6.07, 6.45) is 0. The molecular formula is C7H18NO+. The van der Waals surface area contributed by atoms with E-state index in [1.807, 2.05) is 0 Å². The van der Waals surface area contributed by atoms with E-state index in [4.69, 9.17) is 4.74 Å². The number of ether oxygens (including phenoxy) is 1. The molecule has 0 aromatic carbocycles. The van der Waals surface area contributed by atoms with Gasteiger partial charge in [0.15, 0.2) is 0 Å². The highest BCUT2D eigenvalue weighted by Gasteiger charge is 2.16. The van der Waals surface area contributed by atoms with Crippen LogP contribution in [-0.2, 0) is 4.74 Å². The first-order chi connectivity index (χ1) is 3.98. The van der Waals surface area contributed by atoms with Crippen LogP contribution in [-0.4, -0.2) is 45.4 Å². The van der Waals surface area contributed by atoms with Gasteiger partial charge in [-0.1, -0.05) is 0 Å². The molecule has 0 N–H and O–H groups in total. The average Bonchev–Trinajstić information content (AvgIpc) is 1.64. The Balaban J connectivity index is 3.59. The topological polar surface area (TPSA) is 9.23 Å². The Bertz CT molecular complexity index is 75.5. The van der Waals surface area contributed by atoms with Crippen LogP contribution in [0.1, 0.15) is 6.92 Å². The second kappa shape index (κ2) is 3.18. The average molecular weight is 132 g/mol. The maximum Gasteiger partial charge on any atom is 0.109 e. The third-order valence-corrected chi connectivity index (χ3v) is 1.73. The van der Waals surface area contributed by atoms with Crippen LogP contribution in [0.15, 0.2) is 0 Å². The van der Waals surface area contributed by atoms with E-state index in [1.54, 1.807) is 7.11 Å². The Morgan fingerprint density at radius 2 is 1.78 bits per heavy atom. The summed E-state index contributed by atoms with van der Waals surface area (Å²) in [7, 11) is 8.25. The minimum atomic E-state index is 0.579. The van der Waals surface area contributed by atoms with Crippen molar-refractivity contribution in [1.29, 1.82) is 0 Å². The molecule has 56 valence electrons. The SMILES string of the molecule is COCC(C)[N+](C)(C)C. The van der Waals surface area contributed by atoms with E-state index in [0.29, 0.717) is 6.04 Å². The summed E-state index contributed by atoms with van der Waals surface area (Å²) >= 11 is 0. The van der Waals surface area contributed by atoms with Gasteiger partial charge in [0.2, 0.25) is 0 Å². The van der Waals surface area contributed by atoms with E-state index in [1.165, 1.54) is 0 Å². The number of quaternary nitrogens is 1. The van der Waals surface area contributed by atoms with Crippen molar-refractivity contribution in [2.75, 3.05) is 34.9 Å². The van der Waals surface area contributed by atoms with Gasteiger partial charge < -0.3 is 9.22 Å². The first-order valence-corrected chi connectivity index (χ1v) is 3.28. The fraction of sp³-hybridized carbons (Fsp3) is 1.00. The van der Waals surface area contributed by atoms with Crippen molar-refractivity contribution in [3.8, 4) is 0 Å². The molecule has 0 saturated carbocycles. The van der Waals surface area contributed by atoms with Gasteiger partial charge in [-0.2, -0.15) is 0 Å². The molecule has 0 heterocycles. The van der Waals surface area contributed by atoms with E-state index in [-0.39, 0.29) is 0 Å². The van der Waals surface area contributed by atoms with E-state index in [9.17, 15) is 0 Å². The van der Waals surface area contributed by atoms with E-state index in [2.05, 4.69) is 28.1 Å². The molecule has 0 radical (unpaired) electrons. The fourth-order valence-electron chi connectivity index (χ4n) is 0.465. The smallest absolute Gasteiger partial charge is 0.109 e. The molecule has 0 aliphatic carbocycles. The van der Waals surface area contributed by atoms with Gasteiger partial charge in [0, 0.05) is 7.11 Å². The highest BCUT2D eigenvalue weighted by Crippen LogP contribution is 2.00. The van der Waals surface area contributed by atoms with Crippen LogP contribution in [0.4, 0.5) is 0 Å². The highest BCUT2D eigenvalue weighted by molar-refractivity contribution is 4.43. The zero-order chi connectivity index (χ0) is 7.49. The van der Waals surface area contributed by atoms with Crippen molar-refractivity contribution in [3.05, 3.63) is 0 Å². The zero-order valence-electron chi connectivity index (χ0n) is 7.14. The maximum absolute atomic E-state index is 5.01. The molecule has 0 fully saturated rings. The molecule has 9 heavy (non-hydrogen) atoms. The van der Waals surface area contributed by atoms with Crippen molar-refractivity contribution in [3.63, 3.8) is 0 Å². The van der Waals surface area contributed by atoms with Gasteiger partial charge >= 0.3 is 0 Å². The summed E-state index contributed by atoms with van der Waals surface area (Å²) in [5.74, 6) is 0. The highest BCUT2D eigenvalue weighted by atomic mass is 16.5. The summed E-state index contributed by atoms with van der Waals surface area (Å²) in [6, 6.07) is 0.579. The zero-order valence-corrected chi connectivity index (χ0v) is 7.14. The summed E-state index contributed by atoms with van der Waals surface area (Å²) < 4.78 is 5.98. The van der Waals surface area contributed by atoms with Crippen LogP contribution in [0.3, 0.4) is 0 Å². The number of rotatable bonds is 3. The minimum absolute atomic E-state index is 0.579. The van der Waals surface area contributed by atoms with Gasteiger partial charge in [0.25, 0.3) is 0 Å². The Labute approximate surface area is 58.0 Å². The Kier molecular flexibility index (Phi) is 3.15. The number of hydrogen-bond acceptors (Lipinski definition) is 1. The van der Waals surface area contributed by atoms with Crippen molar-refractivity contribution in [2.45, 2.75) is 13.0 Å². The Morgan fingerprint density at radius 3 is 1.89 bits per heavy atom. The Hall–Kier alpha value is -0.0800. The van der Waals surface area contributed by atoms with Crippen LogP contribution in [0.2, 0.25) is 0 Å². The number of methoxy groups -OCH3 is 1. The van der Waals surface area contributed by atoms with Crippen LogP contribution in [0.25, 0.3) is 0 Å². The molecule has 2 heteroatoms. The monoisotopic (exact) mass is 132 g/mol. The van der Waals surface area contributed by atoms with Crippen LogP contribution < -0.4 is 0 Å². The van der Waals surface area contributed by atoms with Gasteiger partial charge in [-0.3, -0.25) is 0 Å². The molecule has 0 amide bonds. The molecule has 0 aliphatic rings. The summed E-state index contributed by atoms with van der Waals surface area (Å²) in [5, 5.41) is 0. The molecule has 1 unspecified atom stereocenters. The number of nitrogens with zero attached hydrogens (tertiary/aromatic N) is 1. The minimum Gasteiger partial charge on any atom is -0.379 e. The summed E-state index contributed by atoms with van der Waals surface area (Å²) in [6.45, 7) is 3.02. The van der Waals surface area contributed by atoms with E-state index >= 15 is 0 Å². The summed E-state index contributed by atoms with van der Waals surface area (Å²) in [5.41, 5.74) is 0. The second-order valence-electron chi connectivity index (χ2n) is 3.42. The largest absolute Gasteiger partial charge is 0.379 e. The molecule has 0 aromatic rings. The molecule has 0 saturated heterocycles. The predicted octanol–water partition coefficient (Wildman–Crippen LogP) is 0.728. The van der Waals surface area contributed by atoms with Crippen molar-refractivity contribution < 1.29 is 9.22 Å². The van der Waals surface area contributed by atoms with Crippen molar-refractivity contribution in [1.82, 2.24) is 0 Å². The van der Waals surface area contributed by atoms with Gasteiger partial charge in [-0.05, 0) is 6.92 Å². The van der Waals surface area contributed by atoms with Gasteiger partial charge in [-0.15, -0.1) is 0 Å². The molecule has 0 aliphatic heterocycles. The molecule has 1 atom stereocenters. The predicted molar refractivity (Wildman–Crippen MR) is 39.4 cm³/mol. The first-order valence-electron chi connectivity index (χ1n) is 3.28. The quantitative estimate of drug-likeness (QED) is 0.514. The lowest BCUT2D eigenvalue weighted by atomic mass is 10.3. The third kappa shape index (κ3) is 3.49.